The minimum absolute atomic E-state index is 0.0251. The van der Waals surface area contributed by atoms with E-state index in [1.54, 1.807) is 13.2 Å². The number of hydrogen-bond acceptors (Lipinski definition) is 7. The Morgan fingerprint density at radius 3 is 2.67 bits per heavy atom. The van der Waals surface area contributed by atoms with E-state index in [-0.39, 0.29) is 17.1 Å². The molecule has 2 aromatic carbocycles. The molecule has 1 heterocycles. The van der Waals surface area contributed by atoms with Crippen LogP contribution in [0.4, 0.5) is 9.52 Å². The number of sulfone groups is 1. The molecule has 3 aromatic rings. The zero-order valence-corrected chi connectivity index (χ0v) is 15.9. The van der Waals surface area contributed by atoms with Gasteiger partial charge in [0.1, 0.15) is 17.1 Å². The molecule has 3 rings (SSSR count). The lowest BCUT2D eigenvalue weighted by Gasteiger charge is -2.06. The second-order valence-electron chi connectivity index (χ2n) is 5.52. The number of fused-ring (bicyclic) bond motifs is 1. The van der Waals surface area contributed by atoms with Gasteiger partial charge in [0, 0.05) is 6.42 Å². The number of para-hydroxylation sites is 1. The molecule has 0 atom stereocenters. The normalized spacial score (nSPS) is 11.3. The molecule has 10 heteroatoms. The first kappa shape index (κ1) is 19.1. The van der Waals surface area contributed by atoms with Gasteiger partial charge in [0.25, 0.3) is 0 Å². The monoisotopic (exact) mass is 409 g/mol. The number of nitrogens with zero attached hydrogens (tertiary/aromatic N) is 1. The third-order valence-electron chi connectivity index (χ3n) is 3.68. The molecular formula is C17H16FN3O4S2. The first-order chi connectivity index (χ1) is 12.9. The predicted octanol–water partition coefficient (Wildman–Crippen LogP) is 2.75. The highest BCUT2D eigenvalue weighted by Crippen LogP contribution is 2.31. The first-order valence-corrected chi connectivity index (χ1v) is 10.3. The molecule has 1 aromatic heterocycles. The van der Waals surface area contributed by atoms with Crippen molar-refractivity contribution in [2.75, 3.05) is 18.3 Å². The molecule has 7 nitrogen and oxygen atoms in total. The summed E-state index contributed by atoms with van der Waals surface area (Å²) in [4.78, 5) is 16.2. The molecule has 142 valence electrons. The summed E-state index contributed by atoms with van der Waals surface area (Å²) in [6.45, 7) is 0. The van der Waals surface area contributed by atoms with Gasteiger partial charge >= 0.3 is 0 Å². The molecule has 0 aliphatic carbocycles. The summed E-state index contributed by atoms with van der Waals surface area (Å²) in [5, 5.41) is 0.448. The number of amides is 1. The molecule has 0 fully saturated rings. The van der Waals surface area contributed by atoms with E-state index in [2.05, 4.69) is 15.8 Å². The lowest BCUT2D eigenvalue weighted by Crippen LogP contribution is -2.30. The van der Waals surface area contributed by atoms with Crippen molar-refractivity contribution in [3.05, 3.63) is 48.3 Å². The Balaban J connectivity index is 1.57. The number of rotatable bonds is 7. The van der Waals surface area contributed by atoms with Gasteiger partial charge in [-0.15, -0.1) is 0 Å². The third kappa shape index (κ3) is 4.52. The van der Waals surface area contributed by atoms with E-state index >= 15 is 0 Å². The van der Waals surface area contributed by atoms with Gasteiger partial charge in [-0.2, -0.15) is 0 Å². The summed E-state index contributed by atoms with van der Waals surface area (Å²) in [7, 11) is -2.12. The largest absolute Gasteiger partial charge is 0.494 e. The van der Waals surface area contributed by atoms with Gasteiger partial charge in [0.2, 0.25) is 11.0 Å². The number of carbonyl (C=O) groups is 1. The molecule has 0 radical (unpaired) electrons. The van der Waals surface area contributed by atoms with E-state index in [9.17, 15) is 17.6 Å². The second kappa shape index (κ2) is 7.89. The van der Waals surface area contributed by atoms with Crippen molar-refractivity contribution in [2.24, 2.45) is 0 Å². The zero-order chi connectivity index (χ0) is 19.4. The number of methoxy groups -OCH3 is 1. The number of ether oxygens (including phenoxy) is 1. The Morgan fingerprint density at radius 2 is 1.96 bits per heavy atom. The summed E-state index contributed by atoms with van der Waals surface area (Å²) in [5.41, 5.74) is 5.77. The topological polar surface area (TPSA) is 97.4 Å². The molecule has 0 spiro atoms. The number of hydrogen-bond donors (Lipinski definition) is 2. The Hall–Kier alpha value is -2.72. The first-order valence-electron chi connectivity index (χ1n) is 7.86. The Morgan fingerprint density at radius 1 is 1.22 bits per heavy atom. The number of hydrazine groups is 1. The van der Waals surface area contributed by atoms with Gasteiger partial charge in [-0.3, -0.25) is 15.6 Å². The molecule has 0 aliphatic heterocycles. The van der Waals surface area contributed by atoms with Crippen molar-refractivity contribution in [2.45, 2.75) is 11.3 Å². The summed E-state index contributed by atoms with van der Waals surface area (Å²) >= 11 is 1.32. The average Bonchev–Trinajstić information content (AvgIpc) is 3.08. The number of anilines is 1. The second-order valence-corrected chi connectivity index (χ2v) is 8.66. The summed E-state index contributed by atoms with van der Waals surface area (Å²) in [6.07, 6.45) is -0.249. The van der Waals surface area contributed by atoms with Crippen LogP contribution >= 0.6 is 11.3 Å². The van der Waals surface area contributed by atoms with Gasteiger partial charge in [-0.1, -0.05) is 17.4 Å². The van der Waals surface area contributed by atoms with Crippen LogP contribution in [-0.4, -0.2) is 32.2 Å². The van der Waals surface area contributed by atoms with E-state index in [1.807, 2.05) is 12.1 Å². The fourth-order valence-electron chi connectivity index (χ4n) is 2.31. The molecular weight excluding hydrogens is 393 g/mol. The average molecular weight is 409 g/mol. The zero-order valence-electron chi connectivity index (χ0n) is 14.2. The van der Waals surface area contributed by atoms with E-state index in [4.69, 9.17) is 4.74 Å². The van der Waals surface area contributed by atoms with Crippen LogP contribution in [0.15, 0.2) is 47.4 Å². The fraction of sp³-hybridized carbons (Fsp3) is 0.176. The quantitative estimate of drug-likeness (QED) is 0.460. The van der Waals surface area contributed by atoms with E-state index in [1.165, 1.54) is 23.5 Å². The highest BCUT2D eigenvalue weighted by molar-refractivity contribution is 7.91. The van der Waals surface area contributed by atoms with E-state index in [0.717, 1.165) is 16.8 Å². The summed E-state index contributed by atoms with van der Waals surface area (Å²) in [6, 6.07) is 9.97. The van der Waals surface area contributed by atoms with Crippen molar-refractivity contribution in [3.63, 3.8) is 0 Å². The maximum absolute atomic E-state index is 12.9. The van der Waals surface area contributed by atoms with Crippen molar-refractivity contribution in [3.8, 4) is 5.75 Å². The van der Waals surface area contributed by atoms with Crippen LogP contribution in [-0.2, 0) is 14.6 Å². The van der Waals surface area contributed by atoms with E-state index in [0.29, 0.717) is 16.4 Å². The van der Waals surface area contributed by atoms with Crippen LogP contribution in [0.25, 0.3) is 10.2 Å². The van der Waals surface area contributed by atoms with Crippen LogP contribution in [0, 0.1) is 5.82 Å². The lowest BCUT2D eigenvalue weighted by atomic mass is 10.3. The van der Waals surface area contributed by atoms with Crippen molar-refractivity contribution >= 4 is 42.4 Å². The smallest absolute Gasteiger partial charge is 0.239 e. The van der Waals surface area contributed by atoms with Crippen molar-refractivity contribution in [1.82, 2.24) is 10.4 Å². The summed E-state index contributed by atoms with van der Waals surface area (Å²) in [5.74, 6) is -0.802. The molecule has 0 saturated carbocycles. The maximum Gasteiger partial charge on any atom is 0.239 e. The molecule has 27 heavy (non-hydrogen) atoms. The number of thiazole rings is 1. The standard InChI is InChI=1S/C17H16FN3O4S2/c1-25-13-3-2-4-14-16(13)19-17(26-14)21-20-15(22)9-10-27(23,24)12-7-5-11(18)6-8-12/h2-8H,9-10H2,1H3,(H,19,21)(H,20,22). The molecule has 0 saturated heterocycles. The van der Waals surface area contributed by atoms with Gasteiger partial charge in [0.15, 0.2) is 9.84 Å². The van der Waals surface area contributed by atoms with Crippen LogP contribution < -0.4 is 15.6 Å². The number of nitrogens with one attached hydrogen (secondary N) is 2. The van der Waals surface area contributed by atoms with E-state index < -0.39 is 21.6 Å². The fourth-order valence-corrected chi connectivity index (χ4v) is 4.39. The molecule has 0 bridgehead atoms. The Kier molecular flexibility index (Phi) is 5.57. The SMILES string of the molecule is COc1cccc2sc(NNC(=O)CCS(=O)(=O)c3ccc(F)cc3)nc12. The third-order valence-corrected chi connectivity index (χ3v) is 6.35. The minimum Gasteiger partial charge on any atom is -0.494 e. The molecule has 0 aliphatic rings. The highest BCUT2D eigenvalue weighted by Gasteiger charge is 2.17. The number of benzene rings is 2. The van der Waals surface area contributed by atoms with Crippen molar-refractivity contribution < 1.29 is 22.3 Å². The van der Waals surface area contributed by atoms with Gasteiger partial charge in [0.05, 0.1) is 22.5 Å². The summed E-state index contributed by atoms with van der Waals surface area (Å²) < 4.78 is 43.3. The molecule has 2 N–H and O–H groups in total. The van der Waals surface area contributed by atoms with Crippen LogP contribution in [0.3, 0.4) is 0 Å². The Bertz CT molecular complexity index is 1070. The highest BCUT2D eigenvalue weighted by atomic mass is 32.2. The van der Waals surface area contributed by atoms with Crippen LogP contribution in [0.1, 0.15) is 6.42 Å². The number of aromatic nitrogens is 1. The molecule has 1 amide bonds. The van der Waals surface area contributed by atoms with Gasteiger partial charge < -0.3 is 4.74 Å². The van der Waals surface area contributed by atoms with Crippen molar-refractivity contribution in [1.29, 1.82) is 0 Å². The molecule has 0 unspecified atom stereocenters. The van der Waals surface area contributed by atoms with Crippen LogP contribution in [0.5, 0.6) is 5.75 Å². The predicted molar refractivity (Wildman–Crippen MR) is 101 cm³/mol. The van der Waals surface area contributed by atoms with Crippen LogP contribution in [0.2, 0.25) is 0 Å². The van der Waals surface area contributed by atoms with Gasteiger partial charge in [-0.05, 0) is 36.4 Å². The van der Waals surface area contributed by atoms with Gasteiger partial charge in [-0.25, -0.2) is 17.8 Å². The number of carbonyl (C=O) groups excluding carboxylic acids is 1. The lowest BCUT2D eigenvalue weighted by molar-refractivity contribution is -0.120. The maximum atomic E-state index is 12.9. The Labute approximate surface area is 159 Å². The number of halogens is 1. The minimum atomic E-state index is -3.67.